The number of nitrogens with zero attached hydrogens (tertiary/aromatic N) is 2. The molecule has 9 heteroatoms. The van der Waals surface area contributed by atoms with Crippen molar-refractivity contribution in [2.45, 2.75) is 11.4 Å². The number of carbonyl (C=O) groups excluding carboxylic acids is 1. The molecule has 0 aliphatic carbocycles. The van der Waals surface area contributed by atoms with Crippen LogP contribution < -0.4 is 4.74 Å². The van der Waals surface area contributed by atoms with Gasteiger partial charge in [0, 0.05) is 17.7 Å². The fourth-order valence-electron chi connectivity index (χ4n) is 4.09. The van der Waals surface area contributed by atoms with Crippen LogP contribution in [-0.4, -0.2) is 59.8 Å². The third kappa shape index (κ3) is 4.27. The first-order chi connectivity index (χ1) is 16.4. The SMILES string of the molecule is O=C(c1ccc(S(=O)(=O)CCO)cc1)N1CCOc2ccc(-c3ccc4nc[nH]c4c3)cc2C1. The van der Waals surface area contributed by atoms with E-state index in [0.29, 0.717) is 25.3 Å². The van der Waals surface area contributed by atoms with E-state index in [-0.39, 0.29) is 16.6 Å². The van der Waals surface area contributed by atoms with Crippen molar-refractivity contribution in [1.82, 2.24) is 14.9 Å². The summed E-state index contributed by atoms with van der Waals surface area (Å²) in [7, 11) is -3.57. The molecule has 1 aliphatic heterocycles. The molecular formula is C25H23N3O5S. The molecule has 4 aromatic rings. The molecule has 1 aliphatic rings. The fourth-order valence-corrected chi connectivity index (χ4v) is 5.11. The number of amides is 1. The lowest BCUT2D eigenvalue weighted by atomic mass is 10.0. The molecule has 174 valence electrons. The molecule has 0 atom stereocenters. The molecule has 3 aromatic carbocycles. The lowest BCUT2D eigenvalue weighted by molar-refractivity contribution is 0.0733. The van der Waals surface area contributed by atoms with Crippen LogP contribution in [0.3, 0.4) is 0 Å². The highest BCUT2D eigenvalue weighted by atomic mass is 32.2. The minimum absolute atomic E-state index is 0.0847. The van der Waals surface area contributed by atoms with Gasteiger partial charge in [0.1, 0.15) is 12.4 Å². The van der Waals surface area contributed by atoms with E-state index in [0.717, 1.165) is 33.5 Å². The zero-order chi connectivity index (χ0) is 23.7. The molecule has 2 N–H and O–H groups in total. The van der Waals surface area contributed by atoms with Gasteiger partial charge in [0.05, 0.1) is 41.2 Å². The molecule has 0 radical (unpaired) electrons. The molecule has 34 heavy (non-hydrogen) atoms. The highest BCUT2D eigenvalue weighted by molar-refractivity contribution is 7.91. The van der Waals surface area contributed by atoms with Crippen molar-refractivity contribution in [2.75, 3.05) is 25.5 Å². The second-order valence-electron chi connectivity index (χ2n) is 8.10. The number of rotatable bonds is 5. The molecule has 0 fully saturated rings. The van der Waals surface area contributed by atoms with Crippen LogP contribution in [0.25, 0.3) is 22.2 Å². The molecule has 1 aromatic heterocycles. The molecule has 0 saturated heterocycles. The summed E-state index contributed by atoms with van der Waals surface area (Å²) in [5.41, 5.74) is 5.18. The third-order valence-corrected chi connectivity index (χ3v) is 7.61. The number of sulfone groups is 1. The lowest BCUT2D eigenvalue weighted by Crippen LogP contribution is -2.32. The topological polar surface area (TPSA) is 113 Å². The van der Waals surface area contributed by atoms with E-state index < -0.39 is 16.4 Å². The van der Waals surface area contributed by atoms with Gasteiger partial charge in [-0.3, -0.25) is 4.79 Å². The second-order valence-corrected chi connectivity index (χ2v) is 10.2. The Morgan fingerprint density at radius 1 is 1.06 bits per heavy atom. The Bertz CT molecular complexity index is 1460. The van der Waals surface area contributed by atoms with Crippen molar-refractivity contribution >= 4 is 26.8 Å². The van der Waals surface area contributed by atoms with Crippen molar-refractivity contribution in [1.29, 1.82) is 0 Å². The number of nitrogens with one attached hydrogen (secondary N) is 1. The number of hydrogen-bond donors (Lipinski definition) is 2. The summed E-state index contributed by atoms with van der Waals surface area (Å²) in [5.74, 6) is 0.190. The number of aliphatic hydroxyl groups is 1. The molecule has 0 spiro atoms. The normalized spacial score (nSPS) is 13.9. The Morgan fingerprint density at radius 3 is 2.62 bits per heavy atom. The number of benzene rings is 3. The van der Waals surface area contributed by atoms with Crippen LogP contribution in [0.15, 0.2) is 71.9 Å². The van der Waals surface area contributed by atoms with E-state index in [1.807, 2.05) is 36.4 Å². The molecule has 5 rings (SSSR count). The maximum absolute atomic E-state index is 13.2. The minimum atomic E-state index is -3.57. The molecule has 2 heterocycles. The summed E-state index contributed by atoms with van der Waals surface area (Å²) in [5, 5.41) is 8.96. The van der Waals surface area contributed by atoms with Gasteiger partial charge < -0.3 is 19.7 Å². The lowest BCUT2D eigenvalue weighted by Gasteiger charge is -2.20. The maximum atomic E-state index is 13.2. The van der Waals surface area contributed by atoms with E-state index in [1.165, 1.54) is 24.3 Å². The number of fused-ring (bicyclic) bond motifs is 2. The van der Waals surface area contributed by atoms with Crippen molar-refractivity contribution in [3.05, 3.63) is 78.1 Å². The number of H-pyrrole nitrogens is 1. The number of aliphatic hydroxyl groups excluding tert-OH is 1. The Balaban J connectivity index is 1.39. The molecular weight excluding hydrogens is 454 g/mol. The van der Waals surface area contributed by atoms with Crippen molar-refractivity contribution in [3.8, 4) is 16.9 Å². The van der Waals surface area contributed by atoms with Gasteiger partial charge in [0.15, 0.2) is 9.84 Å². The number of aromatic amines is 1. The number of hydrogen-bond acceptors (Lipinski definition) is 6. The quantitative estimate of drug-likeness (QED) is 0.457. The third-order valence-electron chi connectivity index (χ3n) is 5.90. The standard InChI is InChI=1S/C25H23N3O5S/c29-10-12-34(31,32)21-5-1-17(2-6-21)25(30)28-9-11-33-24-8-4-18(13-20(24)15-28)19-3-7-22-23(14-19)27-16-26-22/h1-8,13-14,16,29H,9-12,15H2,(H,26,27). The van der Waals surface area contributed by atoms with Crippen LogP contribution in [0, 0.1) is 0 Å². The molecule has 8 nitrogen and oxygen atoms in total. The Hall–Kier alpha value is -3.69. The average Bonchev–Trinajstić information content (AvgIpc) is 3.21. The van der Waals surface area contributed by atoms with Crippen molar-refractivity contribution in [3.63, 3.8) is 0 Å². The van der Waals surface area contributed by atoms with Gasteiger partial charge in [-0.15, -0.1) is 0 Å². The van der Waals surface area contributed by atoms with Gasteiger partial charge in [-0.25, -0.2) is 13.4 Å². The van der Waals surface area contributed by atoms with E-state index in [1.54, 1.807) is 11.2 Å². The summed E-state index contributed by atoms with van der Waals surface area (Å²) in [6.07, 6.45) is 1.66. The summed E-state index contributed by atoms with van der Waals surface area (Å²) >= 11 is 0. The molecule has 0 bridgehead atoms. The summed E-state index contributed by atoms with van der Waals surface area (Å²) in [4.78, 5) is 22.4. The fraction of sp³-hybridized carbons (Fsp3) is 0.200. The number of ether oxygens (including phenoxy) is 1. The number of carbonyl (C=O) groups is 1. The van der Waals surface area contributed by atoms with Crippen LogP contribution in [-0.2, 0) is 16.4 Å². The van der Waals surface area contributed by atoms with Crippen molar-refractivity contribution in [2.24, 2.45) is 0 Å². The largest absolute Gasteiger partial charge is 0.491 e. The van der Waals surface area contributed by atoms with E-state index in [9.17, 15) is 13.2 Å². The van der Waals surface area contributed by atoms with E-state index >= 15 is 0 Å². The highest BCUT2D eigenvalue weighted by Gasteiger charge is 2.22. The van der Waals surface area contributed by atoms with Gasteiger partial charge in [0.2, 0.25) is 0 Å². The first-order valence-electron chi connectivity index (χ1n) is 10.9. The van der Waals surface area contributed by atoms with Crippen LogP contribution in [0.4, 0.5) is 0 Å². The first-order valence-corrected chi connectivity index (χ1v) is 12.5. The van der Waals surface area contributed by atoms with Gasteiger partial charge in [-0.1, -0.05) is 12.1 Å². The van der Waals surface area contributed by atoms with E-state index in [4.69, 9.17) is 9.84 Å². The van der Waals surface area contributed by atoms with Crippen LogP contribution >= 0.6 is 0 Å². The Morgan fingerprint density at radius 2 is 1.82 bits per heavy atom. The van der Waals surface area contributed by atoms with Crippen LogP contribution in [0.5, 0.6) is 5.75 Å². The number of aromatic nitrogens is 2. The molecule has 0 saturated carbocycles. The molecule has 0 unspecified atom stereocenters. The van der Waals surface area contributed by atoms with Crippen LogP contribution in [0.2, 0.25) is 0 Å². The smallest absolute Gasteiger partial charge is 0.254 e. The van der Waals surface area contributed by atoms with Crippen molar-refractivity contribution < 1.29 is 23.1 Å². The highest BCUT2D eigenvalue weighted by Crippen LogP contribution is 2.31. The predicted octanol–water partition coefficient (Wildman–Crippen LogP) is 3.03. The zero-order valence-corrected chi connectivity index (χ0v) is 19.1. The summed E-state index contributed by atoms with van der Waals surface area (Å²) in [6, 6.07) is 17.8. The van der Waals surface area contributed by atoms with Gasteiger partial charge in [-0.2, -0.15) is 0 Å². The van der Waals surface area contributed by atoms with E-state index in [2.05, 4.69) is 9.97 Å². The van der Waals surface area contributed by atoms with Gasteiger partial charge in [-0.05, 0) is 59.7 Å². The zero-order valence-electron chi connectivity index (χ0n) is 18.3. The predicted molar refractivity (Wildman–Crippen MR) is 127 cm³/mol. The molecule has 1 amide bonds. The van der Waals surface area contributed by atoms with Gasteiger partial charge in [0.25, 0.3) is 5.91 Å². The number of imidazole rings is 1. The Labute approximate surface area is 196 Å². The Kier molecular flexibility index (Phi) is 5.80. The first kappa shape index (κ1) is 22.1. The monoisotopic (exact) mass is 477 g/mol. The summed E-state index contributed by atoms with van der Waals surface area (Å²) in [6.45, 7) is 0.696. The summed E-state index contributed by atoms with van der Waals surface area (Å²) < 4.78 is 30.1. The maximum Gasteiger partial charge on any atom is 0.254 e. The average molecular weight is 478 g/mol. The second kappa shape index (κ2) is 8.92. The minimum Gasteiger partial charge on any atom is -0.491 e. The van der Waals surface area contributed by atoms with Gasteiger partial charge >= 0.3 is 0 Å². The van der Waals surface area contributed by atoms with Crippen LogP contribution in [0.1, 0.15) is 15.9 Å².